The Morgan fingerprint density at radius 1 is 1.17 bits per heavy atom. The van der Waals surface area contributed by atoms with E-state index < -0.39 is 0 Å². The molecule has 1 aromatic heterocycles. The molecule has 0 spiro atoms. The van der Waals surface area contributed by atoms with Crippen molar-refractivity contribution in [2.75, 3.05) is 18.5 Å². The minimum atomic E-state index is -0.219. The molecule has 0 radical (unpaired) electrons. The van der Waals surface area contributed by atoms with Crippen LogP contribution in [-0.4, -0.2) is 24.1 Å². The lowest BCUT2D eigenvalue weighted by Gasteiger charge is -2.11. The van der Waals surface area contributed by atoms with Crippen LogP contribution in [0.3, 0.4) is 0 Å². The van der Waals surface area contributed by atoms with Gasteiger partial charge in [-0.15, -0.1) is 11.3 Å². The van der Waals surface area contributed by atoms with Crippen LogP contribution in [0.25, 0.3) is 10.2 Å². The van der Waals surface area contributed by atoms with Crippen LogP contribution in [-0.2, 0) is 16.1 Å². The molecule has 0 saturated carbocycles. The maximum atomic E-state index is 12.0. The van der Waals surface area contributed by atoms with E-state index in [1.165, 1.54) is 0 Å². The first kappa shape index (κ1) is 16.4. The van der Waals surface area contributed by atoms with Crippen molar-refractivity contribution >= 4 is 33.1 Å². The number of amides is 1. The van der Waals surface area contributed by atoms with Gasteiger partial charge in [-0.05, 0) is 31.2 Å². The van der Waals surface area contributed by atoms with E-state index in [4.69, 9.17) is 9.47 Å². The number of nitrogens with zero attached hydrogens (tertiary/aromatic N) is 1. The van der Waals surface area contributed by atoms with Gasteiger partial charge in [-0.25, -0.2) is 4.98 Å². The predicted octanol–water partition coefficient (Wildman–Crippen LogP) is 3.85. The number of aromatic nitrogens is 1. The van der Waals surface area contributed by atoms with Crippen molar-refractivity contribution in [3.05, 3.63) is 53.5 Å². The van der Waals surface area contributed by atoms with Gasteiger partial charge in [0.15, 0.2) is 0 Å². The number of fused-ring (bicyclic) bond motifs is 1. The highest BCUT2D eigenvalue weighted by molar-refractivity contribution is 7.18. The van der Waals surface area contributed by atoms with E-state index in [-0.39, 0.29) is 12.5 Å². The Labute approximate surface area is 144 Å². The molecular formula is C18H18N2O3S. The van der Waals surface area contributed by atoms with Gasteiger partial charge in [0, 0.05) is 0 Å². The van der Waals surface area contributed by atoms with Crippen molar-refractivity contribution in [1.82, 2.24) is 4.98 Å². The van der Waals surface area contributed by atoms with Gasteiger partial charge in [-0.2, -0.15) is 0 Å². The van der Waals surface area contributed by atoms with E-state index in [1.807, 2.05) is 49.4 Å². The summed E-state index contributed by atoms with van der Waals surface area (Å²) in [5.74, 6) is 0.433. The van der Waals surface area contributed by atoms with Crippen LogP contribution in [0.5, 0.6) is 5.75 Å². The molecule has 2 aromatic carbocycles. The van der Waals surface area contributed by atoms with E-state index >= 15 is 0 Å². The fourth-order valence-electron chi connectivity index (χ4n) is 2.25. The van der Waals surface area contributed by atoms with Gasteiger partial charge < -0.3 is 14.8 Å². The summed E-state index contributed by atoms with van der Waals surface area (Å²) in [6, 6.07) is 15.3. The fraction of sp³-hybridized carbons (Fsp3) is 0.222. The molecule has 0 saturated heterocycles. The minimum Gasteiger partial charge on any atom is -0.492 e. The summed E-state index contributed by atoms with van der Waals surface area (Å²) in [5, 5.41) is 3.66. The number of carbonyl (C=O) groups excluding carboxylic acids is 1. The zero-order valence-electron chi connectivity index (χ0n) is 13.3. The SMILES string of the molecule is CCOc1ccccc1NC(=O)COCc1nc2ccccc2s1. The summed E-state index contributed by atoms with van der Waals surface area (Å²) < 4.78 is 12.1. The third-order valence-corrected chi connectivity index (χ3v) is 4.27. The van der Waals surface area contributed by atoms with Crippen LogP contribution in [0.1, 0.15) is 11.9 Å². The van der Waals surface area contributed by atoms with Crippen LogP contribution >= 0.6 is 11.3 Å². The summed E-state index contributed by atoms with van der Waals surface area (Å²) in [4.78, 5) is 16.5. The summed E-state index contributed by atoms with van der Waals surface area (Å²) >= 11 is 1.57. The molecule has 0 aliphatic carbocycles. The third kappa shape index (κ3) is 4.10. The van der Waals surface area contributed by atoms with Gasteiger partial charge in [0.25, 0.3) is 0 Å². The molecule has 0 unspecified atom stereocenters. The van der Waals surface area contributed by atoms with E-state index in [9.17, 15) is 4.79 Å². The molecular weight excluding hydrogens is 324 g/mol. The Hall–Kier alpha value is -2.44. The maximum absolute atomic E-state index is 12.0. The molecule has 0 aliphatic heterocycles. The van der Waals surface area contributed by atoms with Gasteiger partial charge in [0.05, 0.1) is 29.1 Å². The molecule has 5 nitrogen and oxygen atoms in total. The highest BCUT2D eigenvalue weighted by atomic mass is 32.1. The second kappa shape index (κ2) is 7.90. The number of benzene rings is 2. The molecule has 24 heavy (non-hydrogen) atoms. The van der Waals surface area contributed by atoms with Gasteiger partial charge >= 0.3 is 0 Å². The van der Waals surface area contributed by atoms with Crippen LogP contribution in [0, 0.1) is 0 Å². The molecule has 0 fully saturated rings. The van der Waals surface area contributed by atoms with Crippen molar-refractivity contribution in [3.63, 3.8) is 0 Å². The lowest BCUT2D eigenvalue weighted by molar-refractivity contribution is -0.121. The molecule has 6 heteroatoms. The summed E-state index contributed by atoms with van der Waals surface area (Å²) in [5.41, 5.74) is 1.60. The number of rotatable bonds is 7. The molecule has 0 atom stereocenters. The molecule has 3 rings (SSSR count). The minimum absolute atomic E-state index is 0.0314. The normalized spacial score (nSPS) is 10.7. The summed E-state index contributed by atoms with van der Waals surface area (Å²) in [6.45, 7) is 2.73. The molecule has 124 valence electrons. The first-order valence-corrected chi connectivity index (χ1v) is 8.52. The van der Waals surface area contributed by atoms with Crippen molar-refractivity contribution in [2.24, 2.45) is 0 Å². The second-order valence-corrected chi connectivity index (χ2v) is 6.16. The monoisotopic (exact) mass is 342 g/mol. The largest absolute Gasteiger partial charge is 0.492 e. The Morgan fingerprint density at radius 3 is 2.79 bits per heavy atom. The number of thiazole rings is 1. The smallest absolute Gasteiger partial charge is 0.250 e. The lowest BCUT2D eigenvalue weighted by Crippen LogP contribution is -2.18. The average molecular weight is 342 g/mol. The van der Waals surface area contributed by atoms with E-state index in [1.54, 1.807) is 17.4 Å². The summed E-state index contributed by atoms with van der Waals surface area (Å²) in [7, 11) is 0. The van der Waals surface area contributed by atoms with Crippen LogP contribution in [0.15, 0.2) is 48.5 Å². The molecule has 0 aliphatic rings. The van der Waals surface area contributed by atoms with Crippen LogP contribution in [0.4, 0.5) is 5.69 Å². The van der Waals surface area contributed by atoms with Crippen molar-refractivity contribution < 1.29 is 14.3 Å². The number of hydrogen-bond acceptors (Lipinski definition) is 5. The summed E-state index contributed by atoms with van der Waals surface area (Å²) in [6.07, 6.45) is 0. The van der Waals surface area contributed by atoms with E-state index in [0.29, 0.717) is 24.7 Å². The number of anilines is 1. The van der Waals surface area contributed by atoms with Gasteiger partial charge in [-0.1, -0.05) is 24.3 Å². The third-order valence-electron chi connectivity index (χ3n) is 3.26. The zero-order chi connectivity index (χ0) is 16.8. The highest BCUT2D eigenvalue weighted by Gasteiger charge is 2.09. The first-order chi connectivity index (χ1) is 11.8. The van der Waals surface area contributed by atoms with Gasteiger partial charge in [0.1, 0.15) is 17.4 Å². The standard InChI is InChI=1S/C18H18N2O3S/c1-2-23-15-9-5-3-7-13(15)19-17(21)11-22-12-18-20-14-8-4-6-10-16(14)24-18/h3-10H,2,11-12H2,1H3,(H,19,21). The fourth-order valence-corrected chi connectivity index (χ4v) is 3.16. The highest BCUT2D eigenvalue weighted by Crippen LogP contribution is 2.24. The van der Waals surface area contributed by atoms with E-state index in [2.05, 4.69) is 10.3 Å². The van der Waals surface area contributed by atoms with Crippen LogP contribution in [0.2, 0.25) is 0 Å². The number of carbonyl (C=O) groups is 1. The predicted molar refractivity (Wildman–Crippen MR) is 95.5 cm³/mol. The van der Waals surface area contributed by atoms with Gasteiger partial charge in [-0.3, -0.25) is 4.79 Å². The van der Waals surface area contributed by atoms with Crippen molar-refractivity contribution in [2.45, 2.75) is 13.5 Å². The Bertz CT molecular complexity index is 799. The Balaban J connectivity index is 1.52. The Morgan fingerprint density at radius 2 is 1.96 bits per heavy atom. The van der Waals surface area contributed by atoms with E-state index in [0.717, 1.165) is 15.2 Å². The topological polar surface area (TPSA) is 60.5 Å². The molecule has 0 bridgehead atoms. The molecule has 3 aromatic rings. The van der Waals surface area contributed by atoms with Crippen molar-refractivity contribution in [1.29, 1.82) is 0 Å². The van der Waals surface area contributed by atoms with Crippen molar-refractivity contribution in [3.8, 4) is 5.75 Å². The quantitative estimate of drug-likeness (QED) is 0.708. The molecule has 1 amide bonds. The maximum Gasteiger partial charge on any atom is 0.250 e. The zero-order valence-corrected chi connectivity index (χ0v) is 14.1. The number of hydrogen-bond donors (Lipinski definition) is 1. The lowest BCUT2D eigenvalue weighted by atomic mass is 10.3. The number of ether oxygens (including phenoxy) is 2. The average Bonchev–Trinajstić information content (AvgIpc) is 2.99. The second-order valence-electron chi connectivity index (χ2n) is 5.05. The number of para-hydroxylation sites is 3. The number of nitrogens with one attached hydrogen (secondary N) is 1. The molecule has 1 N–H and O–H groups in total. The molecule has 1 heterocycles. The first-order valence-electron chi connectivity index (χ1n) is 7.70. The van der Waals surface area contributed by atoms with Gasteiger partial charge in [0.2, 0.25) is 5.91 Å². The Kier molecular flexibility index (Phi) is 5.40. The van der Waals surface area contributed by atoms with Crippen LogP contribution < -0.4 is 10.1 Å².